The minimum atomic E-state index is -0.704. The fraction of sp³-hybridized carbons (Fsp3) is 0.292. The third kappa shape index (κ3) is 4.67. The van der Waals surface area contributed by atoms with E-state index in [0.717, 1.165) is 11.1 Å². The second-order valence-corrected chi connectivity index (χ2v) is 7.62. The Morgan fingerprint density at radius 3 is 2.74 bits per heavy atom. The monoisotopic (exact) mass is 420 g/mol. The molecule has 3 aromatic rings. The van der Waals surface area contributed by atoms with E-state index in [9.17, 15) is 14.7 Å². The highest BCUT2D eigenvalue weighted by molar-refractivity contribution is 5.98. The lowest BCUT2D eigenvalue weighted by atomic mass is 10.00. The standard InChI is InChI=1S/C24H24N2O5/c1-30-20-4-2-3-18(11-20)24(29)26-14-19(27)12-21(26)22(28)10-7-16-5-8-17(9-6-16)23-13-25-15-31-23/h2-6,8-9,11,13,15,19,21,27H,7,10,12,14H2,1H3/t19-,21+/m1/s1. The zero-order valence-electron chi connectivity index (χ0n) is 17.2. The van der Waals surface area contributed by atoms with Gasteiger partial charge in [0.1, 0.15) is 5.75 Å². The van der Waals surface area contributed by atoms with Crippen molar-refractivity contribution in [1.29, 1.82) is 0 Å². The van der Waals surface area contributed by atoms with Gasteiger partial charge in [0, 0.05) is 30.5 Å². The first-order valence-electron chi connectivity index (χ1n) is 10.2. The van der Waals surface area contributed by atoms with Crippen molar-refractivity contribution in [2.24, 2.45) is 0 Å². The molecule has 0 radical (unpaired) electrons. The Morgan fingerprint density at radius 1 is 1.23 bits per heavy atom. The van der Waals surface area contributed by atoms with Gasteiger partial charge in [-0.05, 0) is 30.2 Å². The van der Waals surface area contributed by atoms with Gasteiger partial charge in [-0.2, -0.15) is 0 Å². The fourth-order valence-corrected chi connectivity index (χ4v) is 3.89. The number of ketones is 1. The van der Waals surface area contributed by atoms with Crippen LogP contribution < -0.4 is 4.74 Å². The first-order chi connectivity index (χ1) is 15.0. The van der Waals surface area contributed by atoms with Crippen molar-refractivity contribution in [2.75, 3.05) is 13.7 Å². The average Bonchev–Trinajstić information content (AvgIpc) is 3.47. The maximum atomic E-state index is 13.0. The van der Waals surface area contributed by atoms with Crippen molar-refractivity contribution in [3.05, 3.63) is 72.2 Å². The van der Waals surface area contributed by atoms with Crippen molar-refractivity contribution in [2.45, 2.75) is 31.4 Å². The van der Waals surface area contributed by atoms with Crippen LogP contribution in [0.25, 0.3) is 11.3 Å². The van der Waals surface area contributed by atoms with Gasteiger partial charge in [0.2, 0.25) is 0 Å². The van der Waals surface area contributed by atoms with Crippen LogP contribution >= 0.6 is 0 Å². The highest BCUT2D eigenvalue weighted by atomic mass is 16.5. The topological polar surface area (TPSA) is 92.9 Å². The highest BCUT2D eigenvalue weighted by Gasteiger charge is 2.38. The van der Waals surface area contributed by atoms with Gasteiger partial charge in [-0.3, -0.25) is 9.59 Å². The summed E-state index contributed by atoms with van der Waals surface area (Å²) < 4.78 is 10.5. The van der Waals surface area contributed by atoms with Crippen LogP contribution in [-0.4, -0.2) is 52.5 Å². The highest BCUT2D eigenvalue weighted by Crippen LogP contribution is 2.25. The molecule has 160 valence electrons. The Balaban J connectivity index is 1.41. The molecule has 1 fully saturated rings. The molecule has 2 heterocycles. The first-order valence-corrected chi connectivity index (χ1v) is 10.2. The normalized spacial score (nSPS) is 18.2. The molecule has 31 heavy (non-hydrogen) atoms. The van der Waals surface area contributed by atoms with Gasteiger partial charge in [-0.15, -0.1) is 0 Å². The number of carbonyl (C=O) groups excluding carboxylic acids is 2. The van der Waals surface area contributed by atoms with Crippen LogP contribution in [0.15, 0.2) is 65.5 Å². The predicted molar refractivity (Wildman–Crippen MR) is 114 cm³/mol. The molecule has 1 saturated heterocycles. The smallest absolute Gasteiger partial charge is 0.254 e. The van der Waals surface area contributed by atoms with Gasteiger partial charge in [-0.25, -0.2) is 4.98 Å². The molecular weight excluding hydrogens is 396 g/mol. The van der Waals surface area contributed by atoms with Crippen molar-refractivity contribution in [3.8, 4) is 17.1 Å². The summed E-state index contributed by atoms with van der Waals surface area (Å²) in [5.74, 6) is 0.939. The lowest BCUT2D eigenvalue weighted by Crippen LogP contribution is -2.40. The Kier molecular flexibility index (Phi) is 6.13. The van der Waals surface area contributed by atoms with Crippen LogP contribution in [-0.2, 0) is 11.2 Å². The summed E-state index contributed by atoms with van der Waals surface area (Å²) in [5.41, 5.74) is 2.37. The molecule has 1 aromatic heterocycles. The molecular formula is C24H24N2O5. The molecule has 1 aliphatic heterocycles. The van der Waals surface area contributed by atoms with E-state index < -0.39 is 12.1 Å². The number of methoxy groups -OCH3 is 1. The Labute approximate surface area is 180 Å². The molecule has 1 aliphatic rings. The Hall–Kier alpha value is -3.45. The summed E-state index contributed by atoms with van der Waals surface area (Å²) in [6.45, 7) is 0.151. The SMILES string of the molecule is COc1cccc(C(=O)N2C[C@H](O)C[C@H]2C(=O)CCc2ccc(-c3cnco3)cc2)c1. The minimum absolute atomic E-state index is 0.0490. The number of aliphatic hydroxyl groups excluding tert-OH is 1. The molecule has 7 heteroatoms. The number of hydrogen-bond donors (Lipinski definition) is 1. The van der Waals surface area contributed by atoms with E-state index >= 15 is 0 Å². The number of ether oxygens (including phenoxy) is 1. The number of β-amino-alcohol motifs (C(OH)–C–C–N with tert-alkyl or cyclic N) is 1. The molecule has 1 amide bonds. The lowest BCUT2D eigenvalue weighted by Gasteiger charge is -2.23. The number of oxazole rings is 1. The van der Waals surface area contributed by atoms with Gasteiger partial charge < -0.3 is 19.2 Å². The Morgan fingerprint density at radius 2 is 2.03 bits per heavy atom. The van der Waals surface area contributed by atoms with Crippen LogP contribution in [0.1, 0.15) is 28.8 Å². The number of aromatic nitrogens is 1. The van der Waals surface area contributed by atoms with Gasteiger partial charge in [-0.1, -0.05) is 30.3 Å². The van der Waals surface area contributed by atoms with E-state index in [2.05, 4.69) is 4.98 Å². The first kappa shape index (κ1) is 20.8. The summed E-state index contributed by atoms with van der Waals surface area (Å²) >= 11 is 0. The van der Waals surface area contributed by atoms with Crippen molar-refractivity contribution < 1.29 is 23.8 Å². The molecule has 0 spiro atoms. The zero-order chi connectivity index (χ0) is 21.8. The quantitative estimate of drug-likeness (QED) is 0.631. The van der Waals surface area contributed by atoms with E-state index in [4.69, 9.17) is 9.15 Å². The number of hydrogen-bond acceptors (Lipinski definition) is 6. The van der Waals surface area contributed by atoms with Crippen LogP contribution in [0.4, 0.5) is 0 Å². The number of amides is 1. The summed E-state index contributed by atoms with van der Waals surface area (Å²) in [7, 11) is 1.54. The molecule has 2 atom stereocenters. The van der Waals surface area contributed by atoms with Gasteiger partial charge in [0.15, 0.2) is 17.9 Å². The van der Waals surface area contributed by atoms with Gasteiger partial charge in [0.05, 0.1) is 25.5 Å². The van der Waals surface area contributed by atoms with Crippen LogP contribution in [0.5, 0.6) is 5.75 Å². The third-order valence-electron chi connectivity index (χ3n) is 5.56. The van der Waals surface area contributed by atoms with E-state index in [-0.39, 0.29) is 24.7 Å². The summed E-state index contributed by atoms with van der Waals surface area (Å²) in [4.78, 5) is 31.3. The minimum Gasteiger partial charge on any atom is -0.497 e. The molecule has 2 aromatic carbocycles. The van der Waals surface area contributed by atoms with Crippen LogP contribution in [0.3, 0.4) is 0 Å². The number of carbonyl (C=O) groups is 2. The molecule has 4 rings (SSSR count). The molecule has 0 saturated carbocycles. The number of rotatable bonds is 7. The summed E-state index contributed by atoms with van der Waals surface area (Å²) in [5, 5.41) is 10.1. The predicted octanol–water partition coefficient (Wildman–Crippen LogP) is 3.13. The third-order valence-corrected chi connectivity index (χ3v) is 5.56. The second kappa shape index (κ2) is 9.14. The Bertz CT molecular complexity index is 1050. The lowest BCUT2D eigenvalue weighted by molar-refractivity contribution is -0.122. The van der Waals surface area contributed by atoms with E-state index in [1.165, 1.54) is 18.4 Å². The molecule has 0 bridgehead atoms. The summed E-state index contributed by atoms with van der Waals surface area (Å²) in [6.07, 6.45) is 3.45. The number of likely N-dealkylation sites (tertiary alicyclic amines) is 1. The molecule has 0 aliphatic carbocycles. The largest absolute Gasteiger partial charge is 0.497 e. The van der Waals surface area contributed by atoms with Gasteiger partial charge >= 0.3 is 0 Å². The number of Topliss-reactive ketones (excluding diaryl/α,β-unsaturated/α-hetero) is 1. The maximum Gasteiger partial charge on any atom is 0.254 e. The number of aryl methyl sites for hydroxylation is 1. The fourth-order valence-electron chi connectivity index (χ4n) is 3.89. The average molecular weight is 420 g/mol. The second-order valence-electron chi connectivity index (χ2n) is 7.62. The molecule has 0 unspecified atom stereocenters. The van der Waals surface area contributed by atoms with E-state index in [0.29, 0.717) is 29.9 Å². The zero-order valence-corrected chi connectivity index (χ0v) is 17.2. The maximum absolute atomic E-state index is 13.0. The number of nitrogens with zero attached hydrogens (tertiary/aromatic N) is 2. The molecule has 7 nitrogen and oxygen atoms in total. The number of benzene rings is 2. The van der Waals surface area contributed by atoms with Crippen molar-refractivity contribution in [1.82, 2.24) is 9.88 Å². The van der Waals surface area contributed by atoms with Gasteiger partial charge in [0.25, 0.3) is 5.91 Å². The van der Waals surface area contributed by atoms with Crippen LogP contribution in [0.2, 0.25) is 0 Å². The van der Waals surface area contributed by atoms with E-state index in [1.807, 2.05) is 24.3 Å². The van der Waals surface area contributed by atoms with E-state index in [1.54, 1.807) is 30.5 Å². The van der Waals surface area contributed by atoms with Crippen molar-refractivity contribution >= 4 is 11.7 Å². The number of aliphatic hydroxyl groups is 1. The van der Waals surface area contributed by atoms with Crippen LogP contribution in [0, 0.1) is 0 Å². The van der Waals surface area contributed by atoms with Crippen molar-refractivity contribution in [3.63, 3.8) is 0 Å². The summed E-state index contributed by atoms with van der Waals surface area (Å²) in [6, 6.07) is 14.0. The molecule has 1 N–H and O–H groups in total.